The zero-order valence-corrected chi connectivity index (χ0v) is 13.6. The highest BCUT2D eigenvalue weighted by Crippen LogP contribution is 2.22. The molecule has 116 valence electrons. The van der Waals surface area contributed by atoms with Crippen LogP contribution < -0.4 is 10.6 Å². The molecule has 0 bridgehead atoms. The number of halogens is 2. The molecule has 1 aromatic rings. The van der Waals surface area contributed by atoms with E-state index in [0.29, 0.717) is 22.8 Å². The van der Waals surface area contributed by atoms with E-state index in [4.69, 9.17) is 11.6 Å². The molecule has 0 aromatic heterocycles. The lowest BCUT2D eigenvalue weighted by Crippen LogP contribution is -2.25. The van der Waals surface area contributed by atoms with Gasteiger partial charge in [0.25, 0.3) is 5.91 Å². The van der Waals surface area contributed by atoms with Gasteiger partial charge in [-0.15, -0.1) is 12.4 Å². The predicted octanol–water partition coefficient (Wildman–Crippen LogP) is 2.01. The van der Waals surface area contributed by atoms with Gasteiger partial charge in [0.05, 0.1) is 16.5 Å². The largest absolute Gasteiger partial charge is 0.345 e. The smallest absolute Gasteiger partial charge is 0.254 e. The monoisotopic (exact) mass is 331 g/mol. The molecule has 0 spiro atoms. The number of rotatable bonds is 3. The summed E-state index contributed by atoms with van der Waals surface area (Å²) in [5.41, 5.74) is 0.982. The standard InChI is InChI=1S/C14H18ClN3O2.ClH/c1-18(2)14(20)11-7-10(3-4-12(11)15)17-13(19)9-5-6-16-8-9;/h3-4,7,9,16H,5-6,8H2,1-2H3,(H,17,19);1H. The Morgan fingerprint density at radius 1 is 1.38 bits per heavy atom. The van der Waals surface area contributed by atoms with Gasteiger partial charge in [-0.2, -0.15) is 0 Å². The van der Waals surface area contributed by atoms with Crippen LogP contribution in [0.3, 0.4) is 0 Å². The van der Waals surface area contributed by atoms with Crippen molar-refractivity contribution in [1.29, 1.82) is 0 Å². The summed E-state index contributed by atoms with van der Waals surface area (Å²) in [4.78, 5) is 25.5. The van der Waals surface area contributed by atoms with Crippen molar-refractivity contribution >= 4 is 41.5 Å². The van der Waals surface area contributed by atoms with Gasteiger partial charge in [0.15, 0.2) is 0 Å². The van der Waals surface area contributed by atoms with Crippen molar-refractivity contribution in [1.82, 2.24) is 10.2 Å². The van der Waals surface area contributed by atoms with Crippen molar-refractivity contribution in [2.75, 3.05) is 32.5 Å². The molecule has 2 N–H and O–H groups in total. The lowest BCUT2D eigenvalue weighted by atomic mass is 10.1. The van der Waals surface area contributed by atoms with Gasteiger partial charge in [0, 0.05) is 26.3 Å². The van der Waals surface area contributed by atoms with Gasteiger partial charge < -0.3 is 15.5 Å². The minimum absolute atomic E-state index is 0. The first-order chi connectivity index (χ1) is 9.49. The maximum atomic E-state index is 12.0. The van der Waals surface area contributed by atoms with Crippen LogP contribution in [0.1, 0.15) is 16.8 Å². The Morgan fingerprint density at radius 3 is 2.67 bits per heavy atom. The van der Waals surface area contributed by atoms with Crippen LogP contribution in [0.15, 0.2) is 18.2 Å². The number of carbonyl (C=O) groups is 2. The molecule has 1 saturated heterocycles. The second kappa shape index (κ2) is 7.64. The van der Waals surface area contributed by atoms with Crippen molar-refractivity contribution in [2.24, 2.45) is 5.92 Å². The molecule has 1 aliphatic rings. The molecule has 2 rings (SSSR count). The fraction of sp³-hybridized carbons (Fsp3) is 0.429. The van der Waals surface area contributed by atoms with Gasteiger partial charge >= 0.3 is 0 Å². The first-order valence-electron chi connectivity index (χ1n) is 6.52. The highest BCUT2D eigenvalue weighted by Gasteiger charge is 2.22. The minimum atomic E-state index is -0.186. The molecule has 1 unspecified atom stereocenters. The van der Waals surface area contributed by atoms with Gasteiger partial charge in [0.2, 0.25) is 5.91 Å². The second-order valence-corrected chi connectivity index (χ2v) is 5.48. The number of amides is 2. The Kier molecular flexibility index (Phi) is 6.45. The van der Waals surface area contributed by atoms with Crippen LogP contribution in [0.2, 0.25) is 5.02 Å². The zero-order valence-electron chi connectivity index (χ0n) is 12.0. The highest BCUT2D eigenvalue weighted by atomic mass is 35.5. The molecule has 21 heavy (non-hydrogen) atoms. The van der Waals surface area contributed by atoms with E-state index < -0.39 is 0 Å². The molecule has 1 aliphatic heterocycles. The van der Waals surface area contributed by atoms with E-state index in [1.54, 1.807) is 32.3 Å². The normalized spacial score (nSPS) is 17.0. The summed E-state index contributed by atoms with van der Waals surface area (Å²) < 4.78 is 0. The number of nitrogens with one attached hydrogen (secondary N) is 2. The van der Waals surface area contributed by atoms with Crippen molar-refractivity contribution in [3.05, 3.63) is 28.8 Å². The third-order valence-corrected chi connectivity index (χ3v) is 3.63. The Labute approximate surface area is 135 Å². The Hall–Kier alpha value is -1.30. The van der Waals surface area contributed by atoms with Gasteiger partial charge in [-0.05, 0) is 31.2 Å². The summed E-state index contributed by atoms with van der Waals surface area (Å²) in [5, 5.41) is 6.37. The van der Waals surface area contributed by atoms with Crippen LogP contribution in [0.4, 0.5) is 5.69 Å². The summed E-state index contributed by atoms with van der Waals surface area (Å²) in [6.45, 7) is 1.56. The van der Waals surface area contributed by atoms with E-state index in [0.717, 1.165) is 13.0 Å². The molecule has 1 fully saturated rings. The average molecular weight is 332 g/mol. The Morgan fingerprint density at radius 2 is 2.10 bits per heavy atom. The van der Waals surface area contributed by atoms with Gasteiger partial charge in [-0.1, -0.05) is 11.6 Å². The third-order valence-electron chi connectivity index (χ3n) is 3.30. The van der Waals surface area contributed by atoms with Crippen molar-refractivity contribution in [3.63, 3.8) is 0 Å². The number of hydrogen-bond donors (Lipinski definition) is 2. The van der Waals surface area contributed by atoms with E-state index in [1.807, 2.05) is 0 Å². The summed E-state index contributed by atoms with van der Waals surface area (Å²) in [6.07, 6.45) is 0.836. The van der Waals surface area contributed by atoms with Crippen LogP contribution in [0.25, 0.3) is 0 Å². The van der Waals surface area contributed by atoms with Crippen LogP contribution in [0.5, 0.6) is 0 Å². The number of hydrogen-bond acceptors (Lipinski definition) is 3. The highest BCUT2D eigenvalue weighted by molar-refractivity contribution is 6.34. The average Bonchev–Trinajstić information content (AvgIpc) is 2.94. The molecule has 2 amide bonds. The van der Waals surface area contributed by atoms with E-state index in [-0.39, 0.29) is 30.1 Å². The first kappa shape index (κ1) is 17.8. The van der Waals surface area contributed by atoms with Crippen LogP contribution in [0, 0.1) is 5.92 Å². The second-order valence-electron chi connectivity index (χ2n) is 5.07. The quantitative estimate of drug-likeness (QED) is 0.890. The van der Waals surface area contributed by atoms with Crippen LogP contribution >= 0.6 is 24.0 Å². The van der Waals surface area contributed by atoms with Gasteiger partial charge in [0.1, 0.15) is 0 Å². The molecule has 0 aliphatic carbocycles. The number of carbonyl (C=O) groups excluding carboxylic acids is 2. The Bertz CT molecular complexity index is 529. The van der Waals surface area contributed by atoms with Crippen LogP contribution in [-0.4, -0.2) is 43.9 Å². The van der Waals surface area contributed by atoms with E-state index in [2.05, 4.69) is 10.6 Å². The van der Waals surface area contributed by atoms with Crippen molar-refractivity contribution in [3.8, 4) is 0 Å². The summed E-state index contributed by atoms with van der Waals surface area (Å²) >= 11 is 6.03. The number of anilines is 1. The van der Waals surface area contributed by atoms with E-state index in [1.165, 1.54) is 4.90 Å². The fourth-order valence-corrected chi connectivity index (χ4v) is 2.33. The molecular formula is C14H19Cl2N3O2. The lowest BCUT2D eigenvalue weighted by molar-refractivity contribution is -0.119. The SMILES string of the molecule is CN(C)C(=O)c1cc(NC(=O)C2CCNC2)ccc1Cl.Cl. The first-order valence-corrected chi connectivity index (χ1v) is 6.89. The molecule has 5 nitrogen and oxygen atoms in total. The maximum Gasteiger partial charge on any atom is 0.254 e. The Balaban J connectivity index is 0.00000220. The van der Waals surface area contributed by atoms with Crippen molar-refractivity contribution in [2.45, 2.75) is 6.42 Å². The lowest BCUT2D eigenvalue weighted by Gasteiger charge is -2.14. The molecule has 1 heterocycles. The number of nitrogens with zero attached hydrogens (tertiary/aromatic N) is 1. The topological polar surface area (TPSA) is 61.4 Å². The maximum absolute atomic E-state index is 12.0. The van der Waals surface area contributed by atoms with E-state index in [9.17, 15) is 9.59 Å². The predicted molar refractivity (Wildman–Crippen MR) is 86.3 cm³/mol. The molecule has 0 radical (unpaired) electrons. The summed E-state index contributed by atoms with van der Waals surface area (Å²) in [5.74, 6) is -0.229. The molecule has 7 heteroatoms. The van der Waals surface area contributed by atoms with E-state index >= 15 is 0 Å². The molecule has 1 atom stereocenters. The van der Waals surface area contributed by atoms with Gasteiger partial charge in [-0.25, -0.2) is 0 Å². The summed E-state index contributed by atoms with van der Waals surface area (Å²) in [7, 11) is 3.32. The van der Waals surface area contributed by atoms with Gasteiger partial charge in [-0.3, -0.25) is 9.59 Å². The molecule has 1 aromatic carbocycles. The zero-order chi connectivity index (χ0) is 14.7. The molecular weight excluding hydrogens is 313 g/mol. The third kappa shape index (κ3) is 4.33. The van der Waals surface area contributed by atoms with Crippen LogP contribution in [-0.2, 0) is 4.79 Å². The number of benzene rings is 1. The fourth-order valence-electron chi connectivity index (χ4n) is 2.13. The van der Waals surface area contributed by atoms with Crippen molar-refractivity contribution < 1.29 is 9.59 Å². The molecule has 0 saturated carbocycles. The summed E-state index contributed by atoms with van der Waals surface area (Å²) in [6, 6.07) is 4.95. The minimum Gasteiger partial charge on any atom is -0.345 e.